The van der Waals surface area contributed by atoms with Crippen LogP contribution in [-0.4, -0.2) is 37.3 Å². The number of hydrogen-bond donors (Lipinski definition) is 2. The summed E-state index contributed by atoms with van der Waals surface area (Å²) in [7, 11) is 1.61. The number of carbonyl (C=O) groups is 1. The van der Waals surface area contributed by atoms with Gasteiger partial charge in [0, 0.05) is 18.8 Å². The Hall–Kier alpha value is -1.62. The standard InChI is InChI=1S/C12H17FN2O2/c1-3-15(8-11(14-2)12(16)17)10-6-4-9(13)5-7-10/h4-7,11,14H,3,8H2,1-2H3,(H,16,17). The van der Waals surface area contributed by atoms with Gasteiger partial charge in [-0.1, -0.05) is 0 Å². The molecule has 0 saturated heterocycles. The maximum Gasteiger partial charge on any atom is 0.322 e. The van der Waals surface area contributed by atoms with Crippen LogP contribution < -0.4 is 10.2 Å². The summed E-state index contributed by atoms with van der Waals surface area (Å²) in [5, 5.41) is 11.7. The van der Waals surface area contributed by atoms with Gasteiger partial charge in [-0.05, 0) is 38.2 Å². The van der Waals surface area contributed by atoms with Crippen LogP contribution in [0.15, 0.2) is 24.3 Å². The predicted molar refractivity (Wildman–Crippen MR) is 64.8 cm³/mol. The summed E-state index contributed by atoms with van der Waals surface area (Å²) in [5.41, 5.74) is 0.815. The number of likely N-dealkylation sites (N-methyl/N-ethyl adjacent to an activating group) is 2. The third-order valence-corrected chi connectivity index (χ3v) is 2.62. The smallest absolute Gasteiger partial charge is 0.322 e. The van der Waals surface area contributed by atoms with Crippen LogP contribution in [0.1, 0.15) is 6.92 Å². The summed E-state index contributed by atoms with van der Waals surface area (Å²) in [4.78, 5) is 12.8. The second kappa shape index (κ2) is 6.20. The molecule has 0 radical (unpaired) electrons. The maximum atomic E-state index is 12.8. The molecule has 0 aliphatic heterocycles. The van der Waals surface area contributed by atoms with Gasteiger partial charge in [0.2, 0.25) is 0 Å². The van der Waals surface area contributed by atoms with E-state index in [1.807, 2.05) is 11.8 Å². The van der Waals surface area contributed by atoms with E-state index in [0.717, 1.165) is 5.69 Å². The normalized spacial score (nSPS) is 12.2. The van der Waals surface area contributed by atoms with Crippen molar-refractivity contribution in [3.8, 4) is 0 Å². The highest BCUT2D eigenvalue weighted by molar-refractivity contribution is 5.74. The monoisotopic (exact) mass is 240 g/mol. The van der Waals surface area contributed by atoms with Crippen LogP contribution in [-0.2, 0) is 4.79 Å². The van der Waals surface area contributed by atoms with Crippen LogP contribution in [0.2, 0.25) is 0 Å². The van der Waals surface area contributed by atoms with E-state index in [1.54, 1.807) is 19.2 Å². The summed E-state index contributed by atoms with van der Waals surface area (Å²) in [6, 6.07) is 5.39. The Labute approximate surface area is 100 Å². The fraction of sp³-hybridized carbons (Fsp3) is 0.417. The van der Waals surface area contributed by atoms with Crippen molar-refractivity contribution < 1.29 is 14.3 Å². The van der Waals surface area contributed by atoms with Crippen molar-refractivity contribution in [2.24, 2.45) is 0 Å². The minimum Gasteiger partial charge on any atom is -0.480 e. The number of benzene rings is 1. The molecule has 0 spiro atoms. The summed E-state index contributed by atoms with van der Waals surface area (Å²) >= 11 is 0. The van der Waals surface area contributed by atoms with Crippen molar-refractivity contribution in [1.29, 1.82) is 0 Å². The lowest BCUT2D eigenvalue weighted by Crippen LogP contribution is -2.44. The van der Waals surface area contributed by atoms with Crippen molar-refractivity contribution >= 4 is 11.7 Å². The van der Waals surface area contributed by atoms with E-state index in [1.165, 1.54) is 12.1 Å². The number of carboxylic acid groups (broad SMARTS) is 1. The molecule has 1 unspecified atom stereocenters. The summed E-state index contributed by atoms with van der Waals surface area (Å²) in [5.74, 6) is -1.19. The second-order valence-corrected chi connectivity index (χ2v) is 3.69. The zero-order valence-electron chi connectivity index (χ0n) is 9.98. The van der Waals surface area contributed by atoms with E-state index in [0.29, 0.717) is 13.1 Å². The first-order valence-corrected chi connectivity index (χ1v) is 5.49. The van der Waals surface area contributed by atoms with Gasteiger partial charge in [-0.25, -0.2) is 4.39 Å². The molecule has 0 bridgehead atoms. The van der Waals surface area contributed by atoms with E-state index in [2.05, 4.69) is 5.32 Å². The molecule has 1 rings (SSSR count). The molecule has 0 aliphatic rings. The summed E-state index contributed by atoms with van der Waals surface area (Å²) in [6.45, 7) is 2.93. The van der Waals surface area contributed by atoms with Gasteiger partial charge in [0.1, 0.15) is 11.9 Å². The van der Waals surface area contributed by atoms with E-state index in [4.69, 9.17) is 5.11 Å². The number of carboxylic acids is 1. The molecule has 0 fully saturated rings. The third-order valence-electron chi connectivity index (χ3n) is 2.62. The van der Waals surface area contributed by atoms with E-state index in [9.17, 15) is 9.18 Å². The lowest BCUT2D eigenvalue weighted by Gasteiger charge is -2.26. The highest BCUT2D eigenvalue weighted by atomic mass is 19.1. The molecule has 0 saturated carbocycles. The van der Waals surface area contributed by atoms with Crippen LogP contribution in [0, 0.1) is 5.82 Å². The van der Waals surface area contributed by atoms with Gasteiger partial charge in [-0.15, -0.1) is 0 Å². The Bertz CT molecular complexity index is 367. The van der Waals surface area contributed by atoms with Gasteiger partial charge in [0.25, 0.3) is 0 Å². The molecule has 1 aromatic rings. The number of halogens is 1. The van der Waals surface area contributed by atoms with Crippen LogP contribution in [0.5, 0.6) is 0 Å². The molecule has 1 atom stereocenters. The van der Waals surface area contributed by atoms with Crippen molar-refractivity contribution in [2.45, 2.75) is 13.0 Å². The average Bonchev–Trinajstić information content (AvgIpc) is 2.32. The Kier molecular flexibility index (Phi) is 4.90. The molecule has 5 heteroatoms. The third kappa shape index (κ3) is 3.71. The Morgan fingerprint density at radius 1 is 1.47 bits per heavy atom. The van der Waals surface area contributed by atoms with Gasteiger partial charge in [0.15, 0.2) is 0 Å². The topological polar surface area (TPSA) is 52.6 Å². The van der Waals surface area contributed by atoms with Gasteiger partial charge < -0.3 is 15.3 Å². The Morgan fingerprint density at radius 2 is 2.06 bits per heavy atom. The fourth-order valence-corrected chi connectivity index (χ4v) is 1.58. The van der Waals surface area contributed by atoms with E-state index >= 15 is 0 Å². The van der Waals surface area contributed by atoms with Crippen molar-refractivity contribution in [3.63, 3.8) is 0 Å². The molecule has 0 aromatic heterocycles. The lowest BCUT2D eigenvalue weighted by atomic mass is 10.2. The largest absolute Gasteiger partial charge is 0.480 e. The minimum absolute atomic E-state index is 0.298. The van der Waals surface area contributed by atoms with E-state index in [-0.39, 0.29) is 5.82 Å². The molecule has 0 heterocycles. The molecule has 4 nitrogen and oxygen atoms in total. The molecular formula is C12H17FN2O2. The number of hydrogen-bond acceptors (Lipinski definition) is 3. The molecule has 94 valence electrons. The van der Waals surface area contributed by atoms with Gasteiger partial charge in [-0.3, -0.25) is 4.79 Å². The Balaban J connectivity index is 2.77. The quantitative estimate of drug-likeness (QED) is 0.787. The van der Waals surface area contributed by atoms with Crippen molar-refractivity contribution in [2.75, 3.05) is 25.0 Å². The zero-order valence-corrected chi connectivity index (χ0v) is 9.98. The first kappa shape index (κ1) is 13.4. The fourth-order valence-electron chi connectivity index (χ4n) is 1.58. The van der Waals surface area contributed by atoms with Crippen LogP contribution in [0.4, 0.5) is 10.1 Å². The zero-order chi connectivity index (χ0) is 12.8. The number of nitrogens with one attached hydrogen (secondary N) is 1. The molecule has 0 aliphatic carbocycles. The molecule has 2 N–H and O–H groups in total. The number of nitrogens with zero attached hydrogens (tertiary/aromatic N) is 1. The highest BCUT2D eigenvalue weighted by Crippen LogP contribution is 2.14. The van der Waals surface area contributed by atoms with Crippen LogP contribution >= 0.6 is 0 Å². The predicted octanol–water partition coefficient (Wildman–Crippen LogP) is 1.32. The molecule has 0 amide bonds. The lowest BCUT2D eigenvalue weighted by molar-refractivity contribution is -0.139. The minimum atomic E-state index is -0.895. The van der Waals surface area contributed by atoms with Crippen LogP contribution in [0.25, 0.3) is 0 Å². The SMILES string of the molecule is CCN(CC(NC)C(=O)O)c1ccc(F)cc1. The van der Waals surface area contributed by atoms with Gasteiger partial charge >= 0.3 is 5.97 Å². The Morgan fingerprint density at radius 3 is 2.47 bits per heavy atom. The second-order valence-electron chi connectivity index (χ2n) is 3.69. The average molecular weight is 240 g/mol. The van der Waals surface area contributed by atoms with Crippen LogP contribution in [0.3, 0.4) is 0 Å². The number of rotatable bonds is 6. The molecule has 17 heavy (non-hydrogen) atoms. The first-order valence-electron chi connectivity index (χ1n) is 5.49. The number of aliphatic carboxylic acids is 1. The maximum absolute atomic E-state index is 12.8. The number of anilines is 1. The molecular weight excluding hydrogens is 223 g/mol. The van der Waals surface area contributed by atoms with Gasteiger partial charge in [0.05, 0.1) is 0 Å². The first-order chi connectivity index (χ1) is 8.08. The van der Waals surface area contributed by atoms with Gasteiger partial charge in [-0.2, -0.15) is 0 Å². The summed E-state index contributed by atoms with van der Waals surface area (Å²) < 4.78 is 12.8. The van der Waals surface area contributed by atoms with E-state index < -0.39 is 12.0 Å². The van der Waals surface area contributed by atoms with Crippen molar-refractivity contribution in [3.05, 3.63) is 30.1 Å². The highest BCUT2D eigenvalue weighted by Gasteiger charge is 2.18. The summed E-state index contributed by atoms with van der Waals surface area (Å²) in [6.07, 6.45) is 0. The van der Waals surface area contributed by atoms with Crippen molar-refractivity contribution in [1.82, 2.24) is 5.32 Å². The molecule has 1 aromatic carbocycles.